The number of ether oxygens (including phenoxy) is 2. The fourth-order valence-electron chi connectivity index (χ4n) is 2.27. The molecule has 0 aliphatic carbocycles. The number of carbonyl (C=O) groups excluding carboxylic acids is 1. The number of nitrogens with zero attached hydrogens (tertiary/aromatic N) is 2. The average molecular weight is 385 g/mol. The van der Waals surface area contributed by atoms with Crippen LogP contribution in [0.15, 0.2) is 57.8 Å². The maximum Gasteiger partial charge on any atom is 0.322 e. The normalized spacial score (nSPS) is 10.4. The van der Waals surface area contributed by atoms with Crippen molar-refractivity contribution >= 4 is 23.7 Å². The Morgan fingerprint density at radius 2 is 1.63 bits per heavy atom. The van der Waals surface area contributed by atoms with Crippen LogP contribution in [0.25, 0.3) is 0 Å². The Bertz CT molecular complexity index is 879. The summed E-state index contributed by atoms with van der Waals surface area (Å²) in [6.07, 6.45) is 0.480. The minimum Gasteiger partial charge on any atom is -0.497 e. The molecule has 2 aromatic carbocycles. The molecular formula is C19H19N3O4S. The molecule has 0 saturated carbocycles. The van der Waals surface area contributed by atoms with Crippen molar-refractivity contribution in [2.75, 3.05) is 25.3 Å². The van der Waals surface area contributed by atoms with Gasteiger partial charge in [0, 0.05) is 4.90 Å². The number of thioether (sulfide) groups is 1. The predicted octanol–water partition coefficient (Wildman–Crippen LogP) is 3.41. The molecular weight excluding hydrogens is 366 g/mol. The minimum atomic E-state index is -0.213. The van der Waals surface area contributed by atoms with Crippen molar-refractivity contribution in [1.82, 2.24) is 10.2 Å². The largest absolute Gasteiger partial charge is 0.497 e. The molecule has 27 heavy (non-hydrogen) atoms. The first kappa shape index (κ1) is 18.8. The van der Waals surface area contributed by atoms with Gasteiger partial charge in [-0.05, 0) is 42.0 Å². The molecule has 0 bridgehead atoms. The Labute approximate surface area is 161 Å². The van der Waals surface area contributed by atoms with Crippen LogP contribution in [0.4, 0.5) is 6.01 Å². The highest BCUT2D eigenvalue weighted by Crippen LogP contribution is 2.21. The van der Waals surface area contributed by atoms with Crippen molar-refractivity contribution in [3.8, 4) is 11.5 Å². The number of rotatable bonds is 8. The smallest absolute Gasteiger partial charge is 0.322 e. The van der Waals surface area contributed by atoms with Crippen molar-refractivity contribution < 1.29 is 18.7 Å². The lowest BCUT2D eigenvalue weighted by Gasteiger charge is -2.03. The van der Waals surface area contributed by atoms with Crippen LogP contribution in [0, 0.1) is 0 Å². The van der Waals surface area contributed by atoms with Crippen molar-refractivity contribution in [2.24, 2.45) is 0 Å². The molecule has 0 fully saturated rings. The number of hydrogen-bond donors (Lipinski definition) is 1. The Morgan fingerprint density at radius 3 is 2.26 bits per heavy atom. The lowest BCUT2D eigenvalue weighted by Crippen LogP contribution is -2.14. The van der Waals surface area contributed by atoms with Crippen LogP contribution >= 0.6 is 11.8 Å². The quantitative estimate of drug-likeness (QED) is 0.595. The highest BCUT2D eigenvalue weighted by Gasteiger charge is 2.11. The van der Waals surface area contributed by atoms with Gasteiger partial charge in [0.15, 0.2) is 0 Å². The summed E-state index contributed by atoms with van der Waals surface area (Å²) >= 11 is 1.41. The Morgan fingerprint density at radius 1 is 1.00 bits per heavy atom. The van der Waals surface area contributed by atoms with E-state index in [0.29, 0.717) is 12.3 Å². The summed E-state index contributed by atoms with van der Waals surface area (Å²) in [6.45, 7) is 0. The lowest BCUT2D eigenvalue weighted by atomic mass is 10.1. The summed E-state index contributed by atoms with van der Waals surface area (Å²) in [5.41, 5.74) is 1.01. The maximum atomic E-state index is 12.0. The second-order valence-corrected chi connectivity index (χ2v) is 6.59. The zero-order valence-corrected chi connectivity index (χ0v) is 15.8. The van der Waals surface area contributed by atoms with E-state index in [-0.39, 0.29) is 17.7 Å². The molecule has 8 heteroatoms. The Hall–Kier alpha value is -3.00. The molecule has 0 spiro atoms. The third-order valence-corrected chi connectivity index (χ3v) is 4.67. The average Bonchev–Trinajstić information content (AvgIpc) is 3.14. The minimum absolute atomic E-state index is 0.0962. The lowest BCUT2D eigenvalue weighted by molar-refractivity contribution is -0.113. The number of amides is 1. The van der Waals surface area contributed by atoms with E-state index in [0.717, 1.165) is 22.0 Å². The Kier molecular flexibility index (Phi) is 6.32. The van der Waals surface area contributed by atoms with Gasteiger partial charge in [-0.1, -0.05) is 17.2 Å². The van der Waals surface area contributed by atoms with Gasteiger partial charge in [-0.25, -0.2) is 0 Å². The van der Waals surface area contributed by atoms with Crippen LogP contribution in [0.2, 0.25) is 0 Å². The molecule has 1 amide bonds. The number of anilines is 1. The molecule has 0 aliphatic rings. The molecule has 3 rings (SSSR count). The topological polar surface area (TPSA) is 86.5 Å². The van der Waals surface area contributed by atoms with Crippen LogP contribution in [0.3, 0.4) is 0 Å². The van der Waals surface area contributed by atoms with Gasteiger partial charge in [-0.15, -0.1) is 16.9 Å². The summed E-state index contributed by atoms with van der Waals surface area (Å²) in [5, 5.41) is 10.4. The molecule has 0 aliphatic heterocycles. The summed E-state index contributed by atoms with van der Waals surface area (Å²) in [7, 11) is 3.23. The summed E-state index contributed by atoms with van der Waals surface area (Å²) in [6, 6.07) is 15.2. The van der Waals surface area contributed by atoms with Crippen LogP contribution in [-0.4, -0.2) is 36.1 Å². The molecule has 0 atom stereocenters. The SMILES string of the molecule is COc1ccc(Cc2nnc(NC(=O)CSc3ccc(OC)cc3)o2)cc1. The molecule has 3 aromatic rings. The second-order valence-electron chi connectivity index (χ2n) is 5.54. The summed E-state index contributed by atoms with van der Waals surface area (Å²) in [5.74, 6) is 2.02. The predicted molar refractivity (Wildman–Crippen MR) is 102 cm³/mol. The summed E-state index contributed by atoms with van der Waals surface area (Å²) < 4.78 is 15.7. The molecule has 1 heterocycles. The number of nitrogens with one attached hydrogen (secondary N) is 1. The van der Waals surface area contributed by atoms with Crippen LogP contribution in [0.1, 0.15) is 11.5 Å². The van der Waals surface area contributed by atoms with Gasteiger partial charge in [0.05, 0.1) is 26.4 Å². The zero-order chi connectivity index (χ0) is 19.1. The van der Waals surface area contributed by atoms with E-state index in [1.807, 2.05) is 48.5 Å². The molecule has 0 saturated heterocycles. The third kappa shape index (κ3) is 5.49. The van der Waals surface area contributed by atoms with E-state index in [1.165, 1.54) is 11.8 Å². The van der Waals surface area contributed by atoms with Crippen LogP contribution < -0.4 is 14.8 Å². The van der Waals surface area contributed by atoms with Crippen molar-refractivity contribution in [2.45, 2.75) is 11.3 Å². The van der Waals surface area contributed by atoms with Crippen LogP contribution in [0.5, 0.6) is 11.5 Å². The maximum absolute atomic E-state index is 12.0. The Balaban J connectivity index is 1.49. The first-order valence-corrected chi connectivity index (χ1v) is 9.17. The van der Waals surface area contributed by atoms with E-state index in [9.17, 15) is 4.79 Å². The van der Waals surface area contributed by atoms with Gasteiger partial charge in [0.25, 0.3) is 0 Å². The number of carbonyl (C=O) groups is 1. The number of aromatic nitrogens is 2. The standard InChI is InChI=1S/C19H19N3O4S/c1-24-14-5-3-13(4-6-14)11-18-21-22-19(26-18)20-17(23)12-27-16-9-7-15(25-2)8-10-16/h3-10H,11-12H2,1-2H3,(H,20,22,23). The fraction of sp³-hybridized carbons (Fsp3) is 0.211. The third-order valence-electron chi connectivity index (χ3n) is 3.66. The van der Waals surface area contributed by atoms with E-state index in [4.69, 9.17) is 13.9 Å². The fourth-order valence-corrected chi connectivity index (χ4v) is 2.97. The summed E-state index contributed by atoms with van der Waals surface area (Å²) in [4.78, 5) is 13.0. The van der Waals surface area contributed by atoms with Crippen molar-refractivity contribution in [1.29, 1.82) is 0 Å². The van der Waals surface area contributed by atoms with Gasteiger partial charge in [0.2, 0.25) is 11.8 Å². The number of methoxy groups -OCH3 is 2. The zero-order valence-electron chi connectivity index (χ0n) is 15.0. The van der Waals surface area contributed by atoms with Gasteiger partial charge in [-0.3, -0.25) is 10.1 Å². The van der Waals surface area contributed by atoms with Crippen LogP contribution in [-0.2, 0) is 11.2 Å². The molecule has 1 N–H and O–H groups in total. The van der Waals surface area contributed by atoms with E-state index in [1.54, 1.807) is 14.2 Å². The van der Waals surface area contributed by atoms with E-state index in [2.05, 4.69) is 15.5 Å². The molecule has 1 aromatic heterocycles. The van der Waals surface area contributed by atoms with E-state index < -0.39 is 0 Å². The number of hydrogen-bond acceptors (Lipinski definition) is 7. The highest BCUT2D eigenvalue weighted by molar-refractivity contribution is 8.00. The van der Waals surface area contributed by atoms with Gasteiger partial charge >= 0.3 is 6.01 Å². The second kappa shape index (κ2) is 9.09. The molecule has 0 radical (unpaired) electrons. The van der Waals surface area contributed by atoms with Gasteiger partial charge in [0.1, 0.15) is 11.5 Å². The van der Waals surface area contributed by atoms with Gasteiger partial charge in [-0.2, -0.15) is 0 Å². The van der Waals surface area contributed by atoms with Crippen molar-refractivity contribution in [3.05, 3.63) is 60.0 Å². The first-order chi connectivity index (χ1) is 13.2. The number of benzene rings is 2. The molecule has 140 valence electrons. The van der Waals surface area contributed by atoms with E-state index >= 15 is 0 Å². The monoisotopic (exact) mass is 385 g/mol. The molecule has 7 nitrogen and oxygen atoms in total. The first-order valence-electron chi connectivity index (χ1n) is 8.18. The van der Waals surface area contributed by atoms with Gasteiger partial charge < -0.3 is 13.9 Å². The van der Waals surface area contributed by atoms with Crippen molar-refractivity contribution in [3.63, 3.8) is 0 Å². The highest BCUT2D eigenvalue weighted by atomic mass is 32.2. The molecule has 0 unspecified atom stereocenters.